The Kier molecular flexibility index (Phi) is 7.35. The Balaban J connectivity index is 1.82. The maximum Gasteiger partial charge on any atom is 0.423 e. The van der Waals surface area contributed by atoms with Gasteiger partial charge in [0.25, 0.3) is 0 Å². The molecule has 5 nitrogen and oxygen atoms in total. The molecular formula is C21H23F6N3O2. The normalized spacial score (nSPS) is 15.5. The molecule has 176 valence electrons. The summed E-state index contributed by atoms with van der Waals surface area (Å²) in [5.41, 5.74) is -0.928. The van der Waals surface area contributed by atoms with E-state index in [0.717, 1.165) is 25.7 Å². The largest absolute Gasteiger partial charge is 0.490 e. The molecule has 1 aromatic heterocycles. The molecule has 1 saturated carbocycles. The van der Waals surface area contributed by atoms with E-state index in [-0.39, 0.29) is 18.6 Å². The molecule has 0 saturated heterocycles. The summed E-state index contributed by atoms with van der Waals surface area (Å²) in [7, 11) is 0. The van der Waals surface area contributed by atoms with Crippen LogP contribution in [0.2, 0.25) is 0 Å². The molecule has 1 aromatic carbocycles. The molecule has 1 aliphatic carbocycles. The van der Waals surface area contributed by atoms with Crippen molar-refractivity contribution in [2.75, 3.05) is 18.1 Å². The van der Waals surface area contributed by atoms with Gasteiger partial charge < -0.3 is 14.4 Å². The van der Waals surface area contributed by atoms with Gasteiger partial charge in [0.05, 0.1) is 6.10 Å². The van der Waals surface area contributed by atoms with Gasteiger partial charge in [0.15, 0.2) is 6.61 Å². The summed E-state index contributed by atoms with van der Waals surface area (Å²) in [4.78, 5) is 8.83. The third-order valence-corrected chi connectivity index (χ3v) is 4.98. The van der Waals surface area contributed by atoms with E-state index >= 15 is 0 Å². The molecule has 0 atom stereocenters. The molecule has 0 aliphatic heterocycles. The van der Waals surface area contributed by atoms with Crippen molar-refractivity contribution in [3.05, 3.63) is 36.0 Å². The highest BCUT2D eigenvalue weighted by Gasteiger charge is 2.38. The van der Waals surface area contributed by atoms with Crippen LogP contribution in [-0.2, 0) is 6.18 Å². The Labute approximate surface area is 181 Å². The van der Waals surface area contributed by atoms with Crippen LogP contribution < -0.4 is 14.4 Å². The van der Waals surface area contributed by atoms with Crippen molar-refractivity contribution in [1.82, 2.24) is 9.97 Å². The summed E-state index contributed by atoms with van der Waals surface area (Å²) in [5, 5.41) is 0. The summed E-state index contributed by atoms with van der Waals surface area (Å²) in [6, 6.07) is 6.85. The number of halogens is 6. The summed E-state index contributed by atoms with van der Waals surface area (Å²) in [5.74, 6) is -0.714. The molecule has 1 heterocycles. The molecule has 0 spiro atoms. The maximum atomic E-state index is 13.2. The average molecular weight is 463 g/mol. The lowest BCUT2D eigenvalue weighted by Gasteiger charge is -2.25. The van der Waals surface area contributed by atoms with Crippen molar-refractivity contribution in [3.8, 4) is 11.6 Å². The first-order valence-electron chi connectivity index (χ1n) is 10.2. The number of hydrogen-bond acceptors (Lipinski definition) is 5. The number of hydrogen-bond donors (Lipinski definition) is 0. The summed E-state index contributed by atoms with van der Waals surface area (Å²) in [6.07, 6.45) is -3.77. The summed E-state index contributed by atoms with van der Waals surface area (Å²) in [6.45, 7) is 0.0719. The van der Waals surface area contributed by atoms with Crippen molar-refractivity contribution in [3.63, 3.8) is 0 Å². The summed E-state index contributed by atoms with van der Waals surface area (Å²) >= 11 is 0. The van der Waals surface area contributed by atoms with Crippen molar-refractivity contribution in [2.24, 2.45) is 0 Å². The maximum absolute atomic E-state index is 13.2. The molecule has 3 rings (SSSR count). The van der Waals surface area contributed by atoms with Gasteiger partial charge in [-0.15, -0.1) is 0 Å². The lowest BCUT2D eigenvalue weighted by molar-refractivity contribution is -0.159. The van der Waals surface area contributed by atoms with Crippen LogP contribution in [0, 0.1) is 0 Å². The molecule has 1 aliphatic rings. The van der Waals surface area contributed by atoms with Crippen LogP contribution >= 0.6 is 0 Å². The van der Waals surface area contributed by atoms with E-state index < -0.39 is 30.4 Å². The Morgan fingerprint density at radius 1 is 1.00 bits per heavy atom. The monoisotopic (exact) mass is 463 g/mol. The molecule has 0 N–H and O–H groups in total. The smallest absolute Gasteiger partial charge is 0.423 e. The Hall–Kier alpha value is -2.72. The minimum Gasteiger partial charge on any atom is -0.490 e. The van der Waals surface area contributed by atoms with Crippen molar-refractivity contribution < 1.29 is 35.8 Å². The van der Waals surface area contributed by atoms with Gasteiger partial charge in [0.2, 0.25) is 11.8 Å². The predicted octanol–water partition coefficient (Wildman–Crippen LogP) is 6.31. The predicted molar refractivity (Wildman–Crippen MR) is 105 cm³/mol. The highest BCUT2D eigenvalue weighted by Crippen LogP contribution is 2.37. The van der Waals surface area contributed by atoms with Crippen LogP contribution in [0.25, 0.3) is 0 Å². The second-order valence-electron chi connectivity index (χ2n) is 7.41. The fourth-order valence-electron chi connectivity index (χ4n) is 3.46. The Bertz CT molecular complexity index is 881. The third kappa shape index (κ3) is 6.39. The van der Waals surface area contributed by atoms with E-state index in [2.05, 4.69) is 14.7 Å². The first kappa shape index (κ1) is 23.9. The second kappa shape index (κ2) is 9.83. The molecule has 32 heavy (non-hydrogen) atoms. The van der Waals surface area contributed by atoms with E-state index in [9.17, 15) is 26.3 Å². The van der Waals surface area contributed by atoms with E-state index in [1.165, 1.54) is 11.3 Å². The van der Waals surface area contributed by atoms with Crippen LogP contribution in [0.5, 0.6) is 11.6 Å². The Morgan fingerprint density at radius 2 is 1.66 bits per heavy atom. The molecule has 0 amide bonds. The number of alkyl halides is 6. The second-order valence-corrected chi connectivity index (χ2v) is 7.41. The van der Waals surface area contributed by atoms with Gasteiger partial charge in [0, 0.05) is 18.4 Å². The molecule has 0 bridgehead atoms. The van der Waals surface area contributed by atoms with Crippen LogP contribution in [0.4, 0.5) is 38.0 Å². The van der Waals surface area contributed by atoms with E-state index in [1.54, 1.807) is 31.2 Å². The highest BCUT2D eigenvalue weighted by atomic mass is 19.4. The van der Waals surface area contributed by atoms with Gasteiger partial charge >= 0.3 is 12.4 Å². The fraction of sp³-hybridized carbons (Fsp3) is 0.524. The quantitative estimate of drug-likeness (QED) is 0.451. The minimum absolute atomic E-state index is 0.156. The van der Waals surface area contributed by atoms with Crippen molar-refractivity contribution in [2.45, 2.75) is 57.5 Å². The van der Waals surface area contributed by atoms with Crippen molar-refractivity contribution >= 4 is 11.6 Å². The third-order valence-electron chi connectivity index (χ3n) is 4.98. The molecule has 2 aromatic rings. The summed E-state index contributed by atoms with van der Waals surface area (Å²) < 4.78 is 87.3. The lowest BCUT2D eigenvalue weighted by atomic mass is 9.98. The van der Waals surface area contributed by atoms with Gasteiger partial charge in [-0.2, -0.15) is 31.3 Å². The van der Waals surface area contributed by atoms with Gasteiger partial charge in [0.1, 0.15) is 11.3 Å². The van der Waals surface area contributed by atoms with Crippen LogP contribution in [-0.4, -0.2) is 35.4 Å². The van der Waals surface area contributed by atoms with Crippen LogP contribution in [0.1, 0.15) is 44.6 Å². The zero-order chi connectivity index (χ0) is 23.4. The van der Waals surface area contributed by atoms with E-state index in [4.69, 9.17) is 4.74 Å². The van der Waals surface area contributed by atoms with Crippen molar-refractivity contribution in [1.29, 1.82) is 0 Å². The standard InChI is InChI=1S/C21H23F6N3O2/c1-2-30(14-8-10-16(11-9-14)32-15-6-4-3-5-7-15)19-28-12-17(21(25,26)27)18(29-19)31-13-20(22,23)24/h8-12,15H,2-7,13H2,1H3. The van der Waals surface area contributed by atoms with Gasteiger partial charge in [-0.05, 0) is 56.9 Å². The van der Waals surface area contributed by atoms with Gasteiger partial charge in [-0.3, -0.25) is 0 Å². The SMILES string of the molecule is CCN(c1ccc(OC2CCCCC2)cc1)c1ncc(C(F)(F)F)c(OCC(F)(F)F)n1. The zero-order valence-electron chi connectivity index (χ0n) is 17.3. The number of nitrogens with zero attached hydrogens (tertiary/aromatic N) is 3. The first-order chi connectivity index (χ1) is 15.1. The van der Waals surface area contributed by atoms with Crippen LogP contribution in [0.3, 0.4) is 0 Å². The topological polar surface area (TPSA) is 47.5 Å². The molecule has 1 fully saturated rings. The van der Waals surface area contributed by atoms with Gasteiger partial charge in [-0.25, -0.2) is 4.98 Å². The number of aromatic nitrogens is 2. The van der Waals surface area contributed by atoms with Gasteiger partial charge in [-0.1, -0.05) is 6.42 Å². The molecule has 0 unspecified atom stereocenters. The molecule has 0 radical (unpaired) electrons. The molecular weight excluding hydrogens is 440 g/mol. The average Bonchev–Trinajstić information content (AvgIpc) is 2.73. The number of benzene rings is 1. The first-order valence-corrected chi connectivity index (χ1v) is 10.2. The van der Waals surface area contributed by atoms with Crippen LogP contribution in [0.15, 0.2) is 30.5 Å². The van der Waals surface area contributed by atoms with E-state index in [0.29, 0.717) is 17.6 Å². The zero-order valence-corrected chi connectivity index (χ0v) is 17.3. The fourth-order valence-corrected chi connectivity index (χ4v) is 3.46. The number of rotatable bonds is 7. The Morgan fingerprint density at radius 3 is 2.22 bits per heavy atom. The number of ether oxygens (including phenoxy) is 2. The molecule has 11 heteroatoms. The lowest BCUT2D eigenvalue weighted by Crippen LogP contribution is -2.24. The highest BCUT2D eigenvalue weighted by molar-refractivity contribution is 5.58. The minimum atomic E-state index is -4.96. The number of anilines is 2. The van der Waals surface area contributed by atoms with E-state index in [1.807, 2.05) is 0 Å².